The molecule has 0 aliphatic carbocycles. The molecule has 4 radical (unpaired) electrons. The normalized spacial score (nSPS) is 3.64. The van der Waals surface area contributed by atoms with E-state index in [0.717, 1.165) is 0 Å². The van der Waals surface area contributed by atoms with Gasteiger partial charge in [-0.25, -0.2) is 4.79 Å². The van der Waals surface area contributed by atoms with E-state index in [4.69, 9.17) is 0 Å². The molecule has 11 heavy (non-hydrogen) atoms. The molecule has 0 aromatic rings. The van der Waals surface area contributed by atoms with E-state index in [-0.39, 0.29) is 27.4 Å². The van der Waals surface area contributed by atoms with E-state index in [1.165, 1.54) is 0 Å². The van der Waals surface area contributed by atoms with Crippen molar-refractivity contribution in [1.29, 1.82) is 0 Å². The van der Waals surface area contributed by atoms with Crippen LogP contribution in [-0.2, 0) is 7.58 Å². The van der Waals surface area contributed by atoms with Gasteiger partial charge in [-0.05, 0) is 0 Å². The van der Waals surface area contributed by atoms with E-state index in [9.17, 15) is 4.79 Å². The summed E-state index contributed by atoms with van der Waals surface area (Å²) in [5.41, 5.74) is 0. The Morgan fingerprint density at radius 1 is 0.818 bits per heavy atom. The monoisotopic (exact) mass is 204 g/mol. The maximum Gasteiger partial charge on any atom is 0.490 e. The van der Waals surface area contributed by atoms with Crippen molar-refractivity contribution in [3.63, 3.8) is 0 Å². The quantitative estimate of drug-likeness (QED) is 0.357. The summed E-state index contributed by atoms with van der Waals surface area (Å²) in [5, 5.41) is 0. The van der Waals surface area contributed by atoms with Crippen molar-refractivity contribution in [2.45, 2.75) is 0 Å². The number of carbonyl (C=O) groups is 1. The first-order valence-electron chi connectivity index (χ1n) is 1.08. The second-order valence-electron chi connectivity index (χ2n) is 0.486. The first-order valence-corrected chi connectivity index (χ1v) is 2.03. The van der Waals surface area contributed by atoms with Gasteiger partial charge in [0.1, 0.15) is 0 Å². The maximum atomic E-state index is 9.69. The van der Waals surface area contributed by atoms with Crippen molar-refractivity contribution in [1.82, 2.24) is 0 Å². The lowest BCUT2D eigenvalue weighted by atomic mass is 11.5. The molecular weight excluding hydrogens is 194 g/mol. The van der Waals surface area contributed by atoms with E-state index in [1.807, 2.05) is 0 Å². The fourth-order valence-corrected chi connectivity index (χ4v) is 0.250. The van der Waals surface area contributed by atoms with Gasteiger partial charge in [0.25, 0.3) is 0 Å². The van der Waals surface area contributed by atoms with E-state index in [1.54, 1.807) is 33.2 Å². The van der Waals surface area contributed by atoms with Crippen molar-refractivity contribution >= 4 is 39.4 Å². The summed E-state index contributed by atoms with van der Waals surface area (Å²) in [6.07, 6.45) is -0.731. The summed E-state index contributed by atoms with van der Waals surface area (Å²) in [6, 6.07) is 0. The molecule has 10 heteroatoms. The van der Waals surface area contributed by atoms with Crippen molar-refractivity contribution in [2.75, 3.05) is 0 Å². The molecule has 68 valence electrons. The summed E-state index contributed by atoms with van der Waals surface area (Å²) >= 11 is 3.50. The highest BCUT2D eigenvalue weighted by molar-refractivity contribution is 6.09. The Morgan fingerprint density at radius 3 is 1.00 bits per heavy atom. The van der Waals surface area contributed by atoms with Gasteiger partial charge in [-0.1, -0.05) is 0 Å². The van der Waals surface area contributed by atoms with Crippen LogP contribution >= 0.6 is 0 Å². The lowest BCUT2D eigenvalue weighted by Crippen LogP contribution is -2.00. The minimum atomic E-state index is -0.731. The number of carbonyl (C=O) groups excluding carboxylic acids is 1. The highest BCUT2D eigenvalue weighted by Crippen LogP contribution is 1.70. The standard InChI is InChI=1S/CH2O3.2Al.5H2O/c2-1(3)4;;;;;;;/h(H2,2,3,4);;;5*1H2/q;2*+1;;;;;/p-2. The average Bonchev–Trinajstić information content (AvgIpc) is 1.65. The fraction of sp³-hybridized carbons (Fsp3) is 0. The molecule has 0 fully saturated rings. The van der Waals surface area contributed by atoms with Gasteiger partial charge in [-0.2, -0.15) is 0 Å². The van der Waals surface area contributed by atoms with Gasteiger partial charge in [-0.15, -0.1) is 0 Å². The number of rotatable bonds is 0. The summed E-state index contributed by atoms with van der Waals surface area (Å²) in [5.74, 6) is 0. The minimum absolute atomic E-state index is 0. The second-order valence-corrected chi connectivity index (χ2v) is 0.957. The fourth-order valence-electron chi connectivity index (χ4n) is 0.0278. The Bertz CT molecular complexity index is 50.1. The van der Waals surface area contributed by atoms with Crippen LogP contribution in [0.15, 0.2) is 0 Å². The second kappa shape index (κ2) is 32.1. The van der Waals surface area contributed by atoms with Crippen LogP contribution in [0.4, 0.5) is 4.79 Å². The third-order valence-corrected chi connectivity index (χ3v) is 0.577. The Balaban J connectivity index is -0.0000000125. The Labute approximate surface area is 79.5 Å². The minimum Gasteiger partial charge on any atom is -0.601 e. The summed E-state index contributed by atoms with van der Waals surface area (Å²) in [6.45, 7) is 0. The molecule has 8 nitrogen and oxygen atoms in total. The molecule has 0 spiro atoms. The van der Waals surface area contributed by atoms with Gasteiger partial charge in [0.05, 0.1) is 0 Å². The van der Waals surface area contributed by atoms with Gasteiger partial charge in [0, 0.05) is 0 Å². The van der Waals surface area contributed by atoms with Gasteiger partial charge >= 0.3 is 39.4 Å². The SMILES string of the molecule is O.O.O.O.O.O=C([O][Al])[O][Al]. The summed E-state index contributed by atoms with van der Waals surface area (Å²) in [7, 11) is 0. The summed E-state index contributed by atoms with van der Waals surface area (Å²) < 4.78 is 7.87. The topological polar surface area (TPSA) is 193 Å². The molecule has 0 heterocycles. The zero-order chi connectivity index (χ0) is 4.99. The summed E-state index contributed by atoms with van der Waals surface area (Å²) in [4.78, 5) is 9.69. The van der Waals surface area contributed by atoms with E-state index < -0.39 is 6.16 Å². The highest BCUT2D eigenvalue weighted by atomic mass is 27.1. The molecule has 0 amide bonds. The lowest BCUT2D eigenvalue weighted by Gasteiger charge is -1.96. The van der Waals surface area contributed by atoms with E-state index >= 15 is 0 Å². The highest BCUT2D eigenvalue weighted by Gasteiger charge is 1.85. The van der Waals surface area contributed by atoms with Gasteiger partial charge < -0.3 is 35.0 Å². The third kappa shape index (κ3) is 39.2. The smallest absolute Gasteiger partial charge is 0.490 e. The van der Waals surface area contributed by atoms with Crippen molar-refractivity contribution < 1.29 is 39.8 Å². The van der Waals surface area contributed by atoms with Gasteiger partial charge in [0.2, 0.25) is 0 Å². The molecule has 0 saturated carbocycles. The van der Waals surface area contributed by atoms with Crippen LogP contribution in [0, 0.1) is 0 Å². The van der Waals surface area contributed by atoms with Crippen LogP contribution in [-0.4, -0.2) is 66.8 Å². The van der Waals surface area contributed by atoms with Crippen molar-refractivity contribution in [2.24, 2.45) is 0 Å². The molecule has 0 bridgehead atoms. The first kappa shape index (κ1) is 43.4. The molecule has 0 unspecified atom stereocenters. The van der Waals surface area contributed by atoms with Crippen molar-refractivity contribution in [3.05, 3.63) is 0 Å². The zero-order valence-corrected chi connectivity index (χ0v) is 7.69. The van der Waals surface area contributed by atoms with Crippen LogP contribution in [0.3, 0.4) is 0 Å². The molecule has 0 atom stereocenters. The molecule has 0 aliphatic rings. The molecule has 0 saturated heterocycles. The Kier molecular flexibility index (Phi) is 126. The number of hydrogen-bond donors (Lipinski definition) is 0. The average molecular weight is 204 g/mol. The van der Waals surface area contributed by atoms with Crippen LogP contribution in [0.25, 0.3) is 0 Å². The lowest BCUT2D eigenvalue weighted by molar-refractivity contribution is 0.160. The van der Waals surface area contributed by atoms with E-state index in [0.29, 0.717) is 0 Å². The van der Waals surface area contributed by atoms with E-state index in [2.05, 4.69) is 7.58 Å². The maximum absolute atomic E-state index is 9.69. The van der Waals surface area contributed by atoms with Gasteiger partial charge in [-0.3, -0.25) is 0 Å². The Hall–Kier alpha value is 0.135. The molecule has 0 aromatic carbocycles. The van der Waals surface area contributed by atoms with Crippen molar-refractivity contribution in [3.8, 4) is 0 Å². The third-order valence-electron chi connectivity index (χ3n) is 0.192. The predicted octanol–water partition coefficient (Wildman–Crippen LogP) is -4.82. The molecule has 0 rings (SSSR count). The first-order chi connectivity index (χ1) is 2.81. The Morgan fingerprint density at radius 2 is 1.00 bits per heavy atom. The van der Waals surface area contributed by atoms with Crippen LogP contribution in [0.1, 0.15) is 0 Å². The molecule has 10 N–H and O–H groups in total. The molecule has 0 aromatic heterocycles. The largest absolute Gasteiger partial charge is 0.601 e. The predicted molar refractivity (Wildman–Crippen MR) is 37.1 cm³/mol. The van der Waals surface area contributed by atoms with Crippen LogP contribution in [0.2, 0.25) is 0 Å². The van der Waals surface area contributed by atoms with Crippen LogP contribution in [0.5, 0.6) is 0 Å². The number of hydrogen-bond acceptors (Lipinski definition) is 3. The van der Waals surface area contributed by atoms with Gasteiger partial charge in [0.15, 0.2) is 0 Å². The zero-order valence-electron chi connectivity index (χ0n) is 5.38. The van der Waals surface area contributed by atoms with Crippen LogP contribution < -0.4 is 0 Å². The molecule has 0 aliphatic heterocycles. The molecular formula is CH10Al2O8.